The van der Waals surface area contributed by atoms with E-state index in [0.717, 1.165) is 51.9 Å². The Bertz CT molecular complexity index is 1310. The van der Waals surface area contributed by atoms with Crippen LogP contribution in [-0.4, -0.2) is 38.6 Å². The third-order valence-electron chi connectivity index (χ3n) is 5.55. The minimum absolute atomic E-state index is 0.208. The zero-order chi connectivity index (χ0) is 22.2. The van der Waals surface area contributed by atoms with E-state index in [0.29, 0.717) is 17.7 Å². The summed E-state index contributed by atoms with van der Waals surface area (Å²) in [6.45, 7) is 2.05. The van der Waals surface area contributed by atoms with Gasteiger partial charge in [-0.05, 0) is 43.5 Å². The van der Waals surface area contributed by atoms with Gasteiger partial charge in [0.25, 0.3) is 5.91 Å². The highest BCUT2D eigenvalue weighted by atomic mass is 16.5. The number of pyridine rings is 3. The minimum Gasteiger partial charge on any atom is -0.474 e. The van der Waals surface area contributed by atoms with E-state index in [9.17, 15) is 4.79 Å². The Morgan fingerprint density at radius 1 is 1.12 bits per heavy atom. The number of hydrogen-bond donors (Lipinski definition) is 2. The van der Waals surface area contributed by atoms with Crippen molar-refractivity contribution >= 4 is 28.3 Å². The van der Waals surface area contributed by atoms with Crippen molar-refractivity contribution in [2.75, 3.05) is 12.4 Å². The largest absolute Gasteiger partial charge is 0.474 e. The first-order valence-corrected chi connectivity index (χ1v) is 10.6. The molecule has 4 aromatic heterocycles. The van der Waals surface area contributed by atoms with Gasteiger partial charge < -0.3 is 19.9 Å². The molecule has 0 saturated heterocycles. The number of carbonyl (C=O) groups excluding carboxylic acids is 1. The molecule has 0 aromatic carbocycles. The fraction of sp³-hybridized carbons (Fsp3) is 0.250. The van der Waals surface area contributed by atoms with Crippen LogP contribution in [0.2, 0.25) is 0 Å². The third-order valence-corrected chi connectivity index (χ3v) is 5.55. The number of amides is 1. The second kappa shape index (κ2) is 7.96. The molecule has 1 fully saturated rings. The van der Waals surface area contributed by atoms with E-state index in [2.05, 4.69) is 25.6 Å². The Morgan fingerprint density at radius 3 is 2.66 bits per heavy atom. The SMILES string of the molecule is CNC(=O)c1nccc2c(-c3cnc(Nc4ccc(OC5CC5)nc4)cc3C)cn(C)c12. The van der Waals surface area contributed by atoms with Crippen molar-refractivity contribution in [3.05, 3.63) is 60.3 Å². The molecule has 8 heteroatoms. The molecule has 1 saturated carbocycles. The molecule has 32 heavy (non-hydrogen) atoms. The highest BCUT2D eigenvalue weighted by Crippen LogP contribution is 2.34. The summed E-state index contributed by atoms with van der Waals surface area (Å²) in [6.07, 6.45) is 9.83. The summed E-state index contributed by atoms with van der Waals surface area (Å²) in [7, 11) is 3.53. The molecule has 0 bridgehead atoms. The number of carbonyl (C=O) groups is 1. The molecular formula is C24H24N6O2. The Labute approximate surface area is 185 Å². The fourth-order valence-corrected chi connectivity index (χ4v) is 3.79. The van der Waals surface area contributed by atoms with Crippen molar-refractivity contribution < 1.29 is 9.53 Å². The number of nitrogens with one attached hydrogen (secondary N) is 2. The van der Waals surface area contributed by atoms with Crippen LogP contribution in [0, 0.1) is 6.92 Å². The zero-order valence-corrected chi connectivity index (χ0v) is 18.2. The molecule has 0 atom stereocenters. The molecule has 0 radical (unpaired) electrons. The van der Waals surface area contributed by atoms with Gasteiger partial charge >= 0.3 is 0 Å². The van der Waals surface area contributed by atoms with E-state index in [1.54, 1.807) is 19.4 Å². The van der Waals surface area contributed by atoms with Crippen LogP contribution in [0.5, 0.6) is 5.88 Å². The predicted octanol–water partition coefficient (Wildman–Crippen LogP) is 3.98. The van der Waals surface area contributed by atoms with Gasteiger partial charge in [-0.1, -0.05) is 0 Å². The molecule has 4 heterocycles. The van der Waals surface area contributed by atoms with Crippen molar-refractivity contribution in [1.29, 1.82) is 0 Å². The molecule has 8 nitrogen and oxygen atoms in total. The molecule has 1 amide bonds. The number of aryl methyl sites for hydroxylation is 2. The smallest absolute Gasteiger partial charge is 0.271 e. The predicted molar refractivity (Wildman–Crippen MR) is 123 cm³/mol. The van der Waals surface area contributed by atoms with Crippen LogP contribution < -0.4 is 15.4 Å². The van der Waals surface area contributed by atoms with Gasteiger partial charge in [-0.25, -0.2) is 15.0 Å². The summed E-state index contributed by atoms with van der Waals surface area (Å²) >= 11 is 0. The average molecular weight is 428 g/mol. The van der Waals surface area contributed by atoms with E-state index in [1.165, 1.54) is 0 Å². The Kier molecular flexibility index (Phi) is 4.97. The lowest BCUT2D eigenvalue weighted by atomic mass is 10.0. The normalized spacial score (nSPS) is 13.2. The summed E-state index contributed by atoms with van der Waals surface area (Å²) in [4.78, 5) is 25.5. The number of anilines is 2. The first kappa shape index (κ1) is 20.0. The van der Waals surface area contributed by atoms with Gasteiger partial charge in [0.1, 0.15) is 11.9 Å². The Morgan fingerprint density at radius 2 is 1.97 bits per heavy atom. The molecule has 1 aliphatic rings. The number of ether oxygens (including phenoxy) is 1. The van der Waals surface area contributed by atoms with Gasteiger partial charge in [0.05, 0.1) is 17.4 Å². The van der Waals surface area contributed by atoms with Gasteiger partial charge in [0, 0.05) is 55.3 Å². The molecule has 162 valence electrons. The van der Waals surface area contributed by atoms with Crippen LogP contribution in [0.25, 0.3) is 22.0 Å². The summed E-state index contributed by atoms with van der Waals surface area (Å²) in [5.74, 6) is 1.18. The molecule has 5 rings (SSSR count). The van der Waals surface area contributed by atoms with Crippen molar-refractivity contribution in [2.24, 2.45) is 7.05 Å². The van der Waals surface area contributed by atoms with Crippen molar-refractivity contribution in [1.82, 2.24) is 24.8 Å². The lowest BCUT2D eigenvalue weighted by Crippen LogP contribution is -2.20. The van der Waals surface area contributed by atoms with Crippen molar-refractivity contribution in [3.63, 3.8) is 0 Å². The summed E-state index contributed by atoms with van der Waals surface area (Å²) in [6, 6.07) is 7.74. The van der Waals surface area contributed by atoms with Crippen LogP contribution >= 0.6 is 0 Å². The molecular weight excluding hydrogens is 404 g/mol. The topological polar surface area (TPSA) is 94.0 Å². The molecule has 0 spiro atoms. The zero-order valence-electron chi connectivity index (χ0n) is 18.2. The second-order valence-corrected chi connectivity index (χ2v) is 8.00. The minimum atomic E-state index is -0.208. The summed E-state index contributed by atoms with van der Waals surface area (Å²) in [5, 5.41) is 6.92. The van der Waals surface area contributed by atoms with Crippen molar-refractivity contribution in [2.45, 2.75) is 25.9 Å². The van der Waals surface area contributed by atoms with Gasteiger partial charge in [0.15, 0.2) is 5.69 Å². The lowest BCUT2D eigenvalue weighted by Gasteiger charge is -2.10. The first-order chi connectivity index (χ1) is 15.5. The first-order valence-electron chi connectivity index (χ1n) is 10.6. The Hall–Kier alpha value is -3.94. The second-order valence-electron chi connectivity index (χ2n) is 8.00. The molecule has 2 N–H and O–H groups in total. The molecule has 4 aromatic rings. The molecule has 1 aliphatic carbocycles. The quantitative estimate of drug-likeness (QED) is 0.482. The standard InChI is InChI=1S/C24H24N6O2/c1-14-10-20(29-15-4-7-21(28-11-15)32-16-5-6-16)27-12-18(14)19-13-30(3)23-17(19)8-9-26-22(23)24(31)25-2/h4,7-13,16H,5-6H2,1-3H3,(H,25,31)(H,27,29). The van der Waals surface area contributed by atoms with E-state index in [-0.39, 0.29) is 5.91 Å². The van der Waals surface area contributed by atoms with Gasteiger partial charge in [0.2, 0.25) is 5.88 Å². The van der Waals surface area contributed by atoms with E-state index in [4.69, 9.17) is 4.74 Å². The lowest BCUT2D eigenvalue weighted by molar-refractivity contribution is 0.0959. The van der Waals surface area contributed by atoms with Crippen LogP contribution in [0.4, 0.5) is 11.5 Å². The Balaban J connectivity index is 1.43. The number of hydrogen-bond acceptors (Lipinski definition) is 6. The number of fused-ring (bicyclic) bond motifs is 1. The summed E-state index contributed by atoms with van der Waals surface area (Å²) in [5.41, 5.74) is 5.12. The van der Waals surface area contributed by atoms with Crippen LogP contribution in [0.1, 0.15) is 28.9 Å². The van der Waals surface area contributed by atoms with E-state index >= 15 is 0 Å². The van der Waals surface area contributed by atoms with Crippen LogP contribution in [0.15, 0.2) is 49.1 Å². The fourth-order valence-electron chi connectivity index (χ4n) is 3.79. The number of rotatable bonds is 6. The monoisotopic (exact) mass is 428 g/mol. The van der Waals surface area contributed by atoms with Crippen LogP contribution in [-0.2, 0) is 7.05 Å². The number of aromatic nitrogens is 4. The maximum Gasteiger partial charge on any atom is 0.271 e. The molecule has 0 unspecified atom stereocenters. The van der Waals surface area contributed by atoms with Crippen molar-refractivity contribution in [3.8, 4) is 17.0 Å². The van der Waals surface area contributed by atoms with Crippen LogP contribution in [0.3, 0.4) is 0 Å². The van der Waals surface area contributed by atoms with E-state index < -0.39 is 0 Å². The maximum absolute atomic E-state index is 12.3. The van der Waals surface area contributed by atoms with E-state index in [1.807, 2.05) is 55.2 Å². The highest BCUT2D eigenvalue weighted by molar-refractivity contribution is 6.08. The third kappa shape index (κ3) is 3.75. The average Bonchev–Trinajstić information content (AvgIpc) is 3.56. The maximum atomic E-state index is 12.3. The number of nitrogens with zero attached hydrogens (tertiary/aromatic N) is 4. The summed E-state index contributed by atoms with van der Waals surface area (Å²) < 4.78 is 7.63. The van der Waals surface area contributed by atoms with Gasteiger partial charge in [-0.15, -0.1) is 0 Å². The van der Waals surface area contributed by atoms with Gasteiger partial charge in [-0.2, -0.15) is 0 Å². The highest BCUT2D eigenvalue weighted by Gasteiger charge is 2.24. The molecule has 0 aliphatic heterocycles. The van der Waals surface area contributed by atoms with Gasteiger partial charge in [-0.3, -0.25) is 4.79 Å².